The normalized spacial score (nSPS) is 10.8. The highest BCUT2D eigenvalue weighted by molar-refractivity contribution is 7.19. The summed E-state index contributed by atoms with van der Waals surface area (Å²) in [6.45, 7) is 3.03. The van der Waals surface area contributed by atoms with Gasteiger partial charge in [0.15, 0.2) is 0 Å². The number of hydrogen-bond acceptors (Lipinski definition) is 1. The fraction of sp³-hybridized carbons (Fsp3) is 0.200. The number of quaternary nitrogens is 1. The Morgan fingerprint density at radius 3 is 2.92 bits per heavy atom. The number of aryl methyl sites for hydroxylation is 1. The first kappa shape index (κ1) is 7.77. The zero-order chi connectivity index (χ0) is 8.55. The third-order valence-electron chi connectivity index (χ3n) is 1.97. The van der Waals surface area contributed by atoms with E-state index in [1.807, 2.05) is 11.3 Å². The lowest BCUT2D eigenvalue weighted by Gasteiger charge is -1.89. The molecule has 0 bridgehead atoms. The summed E-state index contributed by atoms with van der Waals surface area (Å²) in [5.74, 6) is 0. The van der Waals surface area contributed by atoms with E-state index in [1.165, 1.54) is 20.5 Å². The zero-order valence-corrected chi connectivity index (χ0v) is 7.95. The first-order valence-corrected chi connectivity index (χ1v) is 4.89. The van der Waals surface area contributed by atoms with Crippen molar-refractivity contribution in [2.24, 2.45) is 0 Å². The van der Waals surface area contributed by atoms with Gasteiger partial charge in [0.1, 0.15) is 6.54 Å². The van der Waals surface area contributed by atoms with E-state index >= 15 is 0 Å². The molecule has 62 valence electrons. The van der Waals surface area contributed by atoms with Crippen LogP contribution in [0.4, 0.5) is 0 Å². The fourth-order valence-electron chi connectivity index (χ4n) is 1.34. The molecule has 0 unspecified atom stereocenters. The molecule has 0 aliphatic carbocycles. The Morgan fingerprint density at radius 1 is 1.33 bits per heavy atom. The Labute approximate surface area is 75.8 Å². The quantitative estimate of drug-likeness (QED) is 0.691. The van der Waals surface area contributed by atoms with Crippen molar-refractivity contribution in [1.82, 2.24) is 0 Å². The first-order valence-electron chi connectivity index (χ1n) is 4.08. The zero-order valence-electron chi connectivity index (χ0n) is 7.13. The molecule has 0 atom stereocenters. The first-order chi connectivity index (χ1) is 5.79. The molecule has 3 N–H and O–H groups in total. The van der Waals surface area contributed by atoms with Crippen LogP contribution in [0.15, 0.2) is 24.3 Å². The number of rotatable bonds is 1. The number of fused-ring (bicyclic) bond motifs is 1. The largest absolute Gasteiger partial charge is 0.353 e. The monoisotopic (exact) mass is 178 g/mol. The van der Waals surface area contributed by atoms with Gasteiger partial charge in [-0.05, 0) is 24.4 Å². The molecule has 2 heteroatoms. The summed E-state index contributed by atoms with van der Waals surface area (Å²) < 4.78 is 1.37. The molecule has 0 saturated carbocycles. The smallest absolute Gasteiger partial charge is 0.109 e. The summed E-state index contributed by atoms with van der Waals surface area (Å²) in [6.07, 6.45) is 0. The molecular weight excluding hydrogens is 166 g/mol. The van der Waals surface area contributed by atoms with Gasteiger partial charge in [-0.25, -0.2) is 0 Å². The van der Waals surface area contributed by atoms with Crippen LogP contribution < -0.4 is 5.73 Å². The molecule has 1 heterocycles. The van der Waals surface area contributed by atoms with Gasteiger partial charge in [-0.3, -0.25) is 0 Å². The van der Waals surface area contributed by atoms with Gasteiger partial charge in [0.05, 0.1) is 4.88 Å². The van der Waals surface area contributed by atoms with E-state index in [1.54, 1.807) is 0 Å². The highest BCUT2D eigenvalue weighted by atomic mass is 32.1. The van der Waals surface area contributed by atoms with E-state index in [-0.39, 0.29) is 0 Å². The van der Waals surface area contributed by atoms with E-state index in [2.05, 4.69) is 36.9 Å². The molecule has 0 amide bonds. The Morgan fingerprint density at radius 2 is 2.17 bits per heavy atom. The molecule has 0 fully saturated rings. The van der Waals surface area contributed by atoms with Crippen LogP contribution in [0.1, 0.15) is 10.4 Å². The van der Waals surface area contributed by atoms with Crippen molar-refractivity contribution in [2.75, 3.05) is 0 Å². The molecule has 12 heavy (non-hydrogen) atoms. The Balaban J connectivity index is 2.67. The van der Waals surface area contributed by atoms with Gasteiger partial charge in [-0.1, -0.05) is 17.7 Å². The third-order valence-corrected chi connectivity index (χ3v) is 3.15. The molecule has 1 aromatic heterocycles. The summed E-state index contributed by atoms with van der Waals surface area (Å²) in [5, 5.41) is 1.36. The van der Waals surface area contributed by atoms with Crippen LogP contribution in [-0.2, 0) is 6.54 Å². The molecular formula is C10H12NS+. The van der Waals surface area contributed by atoms with Crippen LogP contribution in [0.3, 0.4) is 0 Å². The van der Waals surface area contributed by atoms with Gasteiger partial charge in [-0.15, -0.1) is 11.3 Å². The highest BCUT2D eigenvalue weighted by Gasteiger charge is 2.00. The number of thiophene rings is 1. The van der Waals surface area contributed by atoms with Crippen LogP contribution in [0.25, 0.3) is 10.1 Å². The fourth-order valence-corrected chi connectivity index (χ4v) is 2.28. The average molecular weight is 178 g/mol. The SMILES string of the molecule is Cc1ccc2sc(C[NH3+])cc2c1. The van der Waals surface area contributed by atoms with Gasteiger partial charge >= 0.3 is 0 Å². The molecule has 0 aliphatic rings. The summed E-state index contributed by atoms with van der Waals surface area (Å²) in [5.41, 5.74) is 5.21. The van der Waals surface area contributed by atoms with Crippen LogP contribution in [0.2, 0.25) is 0 Å². The van der Waals surface area contributed by atoms with Gasteiger partial charge in [0.25, 0.3) is 0 Å². The van der Waals surface area contributed by atoms with E-state index < -0.39 is 0 Å². The van der Waals surface area contributed by atoms with E-state index in [9.17, 15) is 0 Å². The van der Waals surface area contributed by atoms with Gasteiger partial charge in [-0.2, -0.15) is 0 Å². The van der Waals surface area contributed by atoms with Crippen LogP contribution >= 0.6 is 11.3 Å². The molecule has 1 nitrogen and oxygen atoms in total. The third kappa shape index (κ3) is 1.24. The van der Waals surface area contributed by atoms with E-state index in [0.717, 1.165) is 6.54 Å². The van der Waals surface area contributed by atoms with E-state index in [0.29, 0.717) is 0 Å². The minimum atomic E-state index is 0.901. The van der Waals surface area contributed by atoms with Crippen molar-refractivity contribution in [2.45, 2.75) is 13.5 Å². The molecule has 0 radical (unpaired) electrons. The number of hydrogen-bond donors (Lipinski definition) is 1. The Bertz CT molecular complexity index is 403. The Hall–Kier alpha value is -0.860. The standard InChI is InChI=1S/C10H11NS/c1-7-2-3-10-8(4-7)5-9(6-11)12-10/h2-5H,6,11H2,1H3/p+1. The molecule has 2 aromatic rings. The van der Waals surface area contributed by atoms with E-state index in [4.69, 9.17) is 0 Å². The molecule has 1 aromatic carbocycles. The molecule has 0 aliphatic heterocycles. The summed E-state index contributed by atoms with van der Waals surface area (Å²) >= 11 is 1.84. The molecule has 0 saturated heterocycles. The predicted molar refractivity (Wildman–Crippen MR) is 53.2 cm³/mol. The van der Waals surface area contributed by atoms with Crippen LogP contribution in [-0.4, -0.2) is 0 Å². The lowest BCUT2D eigenvalue weighted by atomic mass is 10.2. The second-order valence-corrected chi connectivity index (χ2v) is 4.17. The maximum atomic E-state index is 3.88. The van der Waals surface area contributed by atoms with Crippen molar-refractivity contribution in [3.63, 3.8) is 0 Å². The number of benzene rings is 1. The molecule has 0 spiro atoms. The minimum Gasteiger partial charge on any atom is -0.353 e. The minimum absolute atomic E-state index is 0.901. The Kier molecular flexibility index (Phi) is 1.87. The van der Waals surface area contributed by atoms with Crippen LogP contribution in [0, 0.1) is 6.92 Å². The summed E-state index contributed by atoms with van der Waals surface area (Å²) in [4.78, 5) is 1.37. The maximum Gasteiger partial charge on any atom is 0.109 e. The van der Waals surface area contributed by atoms with Crippen molar-refractivity contribution < 1.29 is 5.73 Å². The highest BCUT2D eigenvalue weighted by Crippen LogP contribution is 2.25. The van der Waals surface area contributed by atoms with Crippen molar-refractivity contribution >= 4 is 21.4 Å². The topological polar surface area (TPSA) is 27.6 Å². The maximum absolute atomic E-state index is 3.88. The molecule has 2 rings (SSSR count). The van der Waals surface area contributed by atoms with Crippen molar-refractivity contribution in [3.8, 4) is 0 Å². The lowest BCUT2D eigenvalue weighted by Crippen LogP contribution is -2.47. The van der Waals surface area contributed by atoms with Gasteiger partial charge < -0.3 is 5.73 Å². The predicted octanol–water partition coefficient (Wildman–Crippen LogP) is 1.95. The lowest BCUT2D eigenvalue weighted by molar-refractivity contribution is -0.385. The van der Waals surface area contributed by atoms with Gasteiger partial charge in [0.2, 0.25) is 0 Å². The van der Waals surface area contributed by atoms with Crippen molar-refractivity contribution in [3.05, 3.63) is 34.7 Å². The van der Waals surface area contributed by atoms with Gasteiger partial charge in [0, 0.05) is 4.70 Å². The summed E-state index contributed by atoms with van der Waals surface area (Å²) in [7, 11) is 0. The second-order valence-electron chi connectivity index (χ2n) is 3.00. The summed E-state index contributed by atoms with van der Waals surface area (Å²) in [6, 6.07) is 8.81. The second kappa shape index (κ2) is 2.88. The van der Waals surface area contributed by atoms with Crippen LogP contribution in [0.5, 0.6) is 0 Å². The van der Waals surface area contributed by atoms with Crippen molar-refractivity contribution in [1.29, 1.82) is 0 Å². The average Bonchev–Trinajstić information content (AvgIpc) is 2.46.